The number of benzene rings is 2. The number of nitrogens with zero attached hydrogens (tertiary/aromatic N) is 1. The van der Waals surface area contributed by atoms with E-state index in [0.29, 0.717) is 26.0 Å². The minimum atomic E-state index is -0.553. The van der Waals surface area contributed by atoms with Crippen LogP contribution in [0.4, 0.5) is 0 Å². The largest absolute Gasteiger partial charge is 0.497 e. The fraction of sp³-hybridized carbons (Fsp3) is 0.417. The van der Waals surface area contributed by atoms with Crippen molar-refractivity contribution in [3.05, 3.63) is 60.2 Å². The summed E-state index contributed by atoms with van der Waals surface area (Å²) in [6, 6.07) is 16.5. The van der Waals surface area contributed by atoms with Gasteiger partial charge in [-0.3, -0.25) is 9.59 Å². The van der Waals surface area contributed by atoms with Crippen molar-refractivity contribution in [2.75, 3.05) is 13.7 Å². The van der Waals surface area contributed by atoms with Crippen molar-refractivity contribution >= 4 is 11.8 Å². The fourth-order valence-corrected chi connectivity index (χ4v) is 3.00. The zero-order chi connectivity index (χ0) is 21.9. The molecule has 2 aromatic rings. The van der Waals surface area contributed by atoms with Gasteiger partial charge in [-0.25, -0.2) is 0 Å². The normalized spacial score (nSPS) is 11.6. The zero-order valence-electron chi connectivity index (χ0n) is 18.3. The van der Waals surface area contributed by atoms with Gasteiger partial charge in [-0.05, 0) is 57.0 Å². The van der Waals surface area contributed by atoms with Crippen LogP contribution in [0, 0.1) is 0 Å². The molecule has 2 rings (SSSR count). The van der Waals surface area contributed by atoms with Gasteiger partial charge in [0.05, 0.1) is 13.7 Å². The Morgan fingerprint density at radius 1 is 0.967 bits per heavy atom. The number of ether oxygens (including phenoxy) is 2. The minimum Gasteiger partial charge on any atom is -0.497 e. The standard InChI is InChI=1S/C24H32N2O4/c1-18(2)25-24(28)19(3)26(17-20-9-6-5-7-10-20)23(27)11-8-16-30-22-14-12-21(29-4)13-15-22/h5-7,9-10,12-15,18-19H,8,11,16-17H2,1-4H3,(H,25,28). The molecule has 0 aliphatic rings. The number of rotatable bonds is 11. The first-order chi connectivity index (χ1) is 14.4. The first kappa shape index (κ1) is 23.3. The lowest BCUT2D eigenvalue weighted by Gasteiger charge is -2.29. The van der Waals surface area contributed by atoms with Crippen molar-refractivity contribution in [3.8, 4) is 11.5 Å². The number of amides is 2. The van der Waals surface area contributed by atoms with E-state index in [1.807, 2.05) is 68.4 Å². The molecular weight excluding hydrogens is 380 g/mol. The van der Waals surface area contributed by atoms with Gasteiger partial charge >= 0.3 is 0 Å². The van der Waals surface area contributed by atoms with E-state index in [2.05, 4.69) is 5.32 Å². The highest BCUT2D eigenvalue weighted by molar-refractivity contribution is 5.87. The first-order valence-electron chi connectivity index (χ1n) is 10.3. The summed E-state index contributed by atoms with van der Waals surface area (Å²) in [5, 5.41) is 2.89. The van der Waals surface area contributed by atoms with Gasteiger partial charge in [0.1, 0.15) is 17.5 Å². The SMILES string of the molecule is COc1ccc(OCCCC(=O)N(Cc2ccccc2)C(C)C(=O)NC(C)C)cc1. The molecule has 0 saturated carbocycles. The maximum Gasteiger partial charge on any atom is 0.242 e. The predicted molar refractivity (Wildman–Crippen MR) is 117 cm³/mol. The fourth-order valence-electron chi connectivity index (χ4n) is 3.00. The van der Waals surface area contributed by atoms with E-state index in [4.69, 9.17) is 9.47 Å². The molecule has 2 amide bonds. The van der Waals surface area contributed by atoms with Crippen molar-refractivity contribution in [1.29, 1.82) is 0 Å². The third-order valence-electron chi connectivity index (χ3n) is 4.66. The molecule has 0 radical (unpaired) electrons. The number of nitrogens with one attached hydrogen (secondary N) is 1. The minimum absolute atomic E-state index is 0.0199. The molecule has 0 heterocycles. The van der Waals surface area contributed by atoms with Gasteiger partial charge in [-0.1, -0.05) is 30.3 Å². The van der Waals surface area contributed by atoms with Crippen molar-refractivity contribution < 1.29 is 19.1 Å². The molecule has 1 atom stereocenters. The molecule has 2 aromatic carbocycles. The van der Waals surface area contributed by atoms with E-state index < -0.39 is 6.04 Å². The van der Waals surface area contributed by atoms with Crippen LogP contribution in [0.25, 0.3) is 0 Å². The van der Waals surface area contributed by atoms with Crippen LogP contribution in [0.5, 0.6) is 11.5 Å². The van der Waals surface area contributed by atoms with Gasteiger partial charge in [-0.2, -0.15) is 0 Å². The quantitative estimate of drug-likeness (QED) is 0.570. The van der Waals surface area contributed by atoms with Gasteiger partial charge < -0.3 is 19.7 Å². The second-order valence-electron chi connectivity index (χ2n) is 7.47. The molecular formula is C24H32N2O4. The average molecular weight is 413 g/mol. The molecule has 1 N–H and O–H groups in total. The highest BCUT2D eigenvalue weighted by Crippen LogP contribution is 2.17. The zero-order valence-corrected chi connectivity index (χ0v) is 18.3. The molecule has 0 saturated heterocycles. The Kier molecular flexibility index (Phi) is 9.19. The second-order valence-corrected chi connectivity index (χ2v) is 7.47. The van der Waals surface area contributed by atoms with Crippen molar-refractivity contribution in [2.24, 2.45) is 0 Å². The van der Waals surface area contributed by atoms with E-state index in [1.54, 1.807) is 18.9 Å². The maximum absolute atomic E-state index is 12.9. The number of hydrogen-bond acceptors (Lipinski definition) is 4. The third kappa shape index (κ3) is 7.43. The predicted octanol–water partition coefficient (Wildman–Crippen LogP) is 3.80. The molecule has 0 spiro atoms. The monoisotopic (exact) mass is 412 g/mol. The lowest BCUT2D eigenvalue weighted by molar-refractivity contribution is -0.141. The number of carbonyl (C=O) groups is 2. The van der Waals surface area contributed by atoms with Crippen LogP contribution in [-0.4, -0.2) is 42.5 Å². The van der Waals surface area contributed by atoms with Crippen molar-refractivity contribution in [1.82, 2.24) is 10.2 Å². The van der Waals surface area contributed by atoms with Crippen LogP contribution in [0.1, 0.15) is 39.2 Å². The van der Waals surface area contributed by atoms with E-state index >= 15 is 0 Å². The highest BCUT2D eigenvalue weighted by atomic mass is 16.5. The lowest BCUT2D eigenvalue weighted by atomic mass is 10.1. The Labute approximate surface area is 179 Å². The molecule has 1 unspecified atom stereocenters. The molecule has 0 bridgehead atoms. The Hall–Kier alpha value is -3.02. The molecule has 6 heteroatoms. The van der Waals surface area contributed by atoms with Gasteiger partial charge in [0.15, 0.2) is 0 Å². The number of methoxy groups -OCH3 is 1. The molecule has 162 valence electrons. The second kappa shape index (κ2) is 11.9. The van der Waals surface area contributed by atoms with E-state index in [1.165, 1.54) is 0 Å². The average Bonchev–Trinajstić information content (AvgIpc) is 2.75. The molecule has 0 aromatic heterocycles. The molecule has 0 aliphatic heterocycles. The molecule has 0 aliphatic carbocycles. The summed E-state index contributed by atoms with van der Waals surface area (Å²) in [7, 11) is 1.62. The molecule has 0 fully saturated rings. The summed E-state index contributed by atoms with van der Waals surface area (Å²) in [5.41, 5.74) is 0.990. The van der Waals surface area contributed by atoms with Crippen LogP contribution in [0.15, 0.2) is 54.6 Å². The summed E-state index contributed by atoms with van der Waals surface area (Å²) in [5.74, 6) is 1.28. The van der Waals surface area contributed by atoms with E-state index in [9.17, 15) is 9.59 Å². The van der Waals surface area contributed by atoms with Gasteiger partial charge in [0.25, 0.3) is 0 Å². The topological polar surface area (TPSA) is 67.9 Å². The maximum atomic E-state index is 12.9. The highest BCUT2D eigenvalue weighted by Gasteiger charge is 2.26. The Bertz CT molecular complexity index is 791. The Morgan fingerprint density at radius 2 is 1.60 bits per heavy atom. The number of carbonyl (C=O) groups excluding carboxylic acids is 2. The molecule has 30 heavy (non-hydrogen) atoms. The third-order valence-corrected chi connectivity index (χ3v) is 4.66. The van der Waals surface area contributed by atoms with Gasteiger partial charge in [0, 0.05) is 19.0 Å². The van der Waals surface area contributed by atoms with Crippen LogP contribution >= 0.6 is 0 Å². The van der Waals surface area contributed by atoms with Crippen LogP contribution in [0.2, 0.25) is 0 Å². The Morgan fingerprint density at radius 3 is 2.20 bits per heavy atom. The van der Waals surface area contributed by atoms with E-state index in [0.717, 1.165) is 17.1 Å². The van der Waals surface area contributed by atoms with Crippen LogP contribution in [0.3, 0.4) is 0 Å². The smallest absolute Gasteiger partial charge is 0.242 e. The van der Waals surface area contributed by atoms with Crippen LogP contribution in [-0.2, 0) is 16.1 Å². The molecule has 6 nitrogen and oxygen atoms in total. The summed E-state index contributed by atoms with van der Waals surface area (Å²) >= 11 is 0. The summed E-state index contributed by atoms with van der Waals surface area (Å²) < 4.78 is 10.8. The van der Waals surface area contributed by atoms with Crippen molar-refractivity contribution in [2.45, 2.75) is 52.2 Å². The van der Waals surface area contributed by atoms with Crippen LogP contribution < -0.4 is 14.8 Å². The van der Waals surface area contributed by atoms with E-state index in [-0.39, 0.29) is 17.9 Å². The first-order valence-corrected chi connectivity index (χ1v) is 10.3. The summed E-state index contributed by atoms with van der Waals surface area (Å²) in [4.78, 5) is 27.1. The number of hydrogen-bond donors (Lipinski definition) is 1. The van der Waals surface area contributed by atoms with Gasteiger partial charge in [-0.15, -0.1) is 0 Å². The Balaban J connectivity index is 1.94. The summed E-state index contributed by atoms with van der Waals surface area (Å²) in [6.07, 6.45) is 0.872. The summed E-state index contributed by atoms with van der Waals surface area (Å²) in [6.45, 7) is 6.40. The lowest BCUT2D eigenvalue weighted by Crippen LogP contribution is -2.49. The van der Waals surface area contributed by atoms with Gasteiger partial charge in [0.2, 0.25) is 11.8 Å². The van der Waals surface area contributed by atoms with Crippen molar-refractivity contribution in [3.63, 3.8) is 0 Å².